The first kappa shape index (κ1) is 17.2. The number of amides is 4. The van der Waals surface area contributed by atoms with Gasteiger partial charge >= 0.3 is 11.7 Å². The van der Waals surface area contributed by atoms with Crippen LogP contribution in [0.2, 0.25) is 0 Å². The van der Waals surface area contributed by atoms with E-state index >= 15 is 0 Å². The number of imide groups is 1. The summed E-state index contributed by atoms with van der Waals surface area (Å²) in [5.74, 6) is -0.994. The molecule has 1 aromatic carbocycles. The molecule has 1 aromatic heterocycles. The van der Waals surface area contributed by atoms with E-state index in [1.807, 2.05) is 0 Å². The second-order valence-electron chi connectivity index (χ2n) is 5.87. The summed E-state index contributed by atoms with van der Waals surface area (Å²) < 4.78 is 5.13. The summed E-state index contributed by atoms with van der Waals surface area (Å²) in [5, 5.41) is 4.37. The van der Waals surface area contributed by atoms with Crippen molar-refractivity contribution in [3.63, 3.8) is 0 Å². The van der Waals surface area contributed by atoms with E-state index in [0.29, 0.717) is 16.7 Å². The Labute approximate surface area is 156 Å². The van der Waals surface area contributed by atoms with Gasteiger partial charge in [0.05, 0.1) is 5.71 Å². The van der Waals surface area contributed by atoms with E-state index in [-0.39, 0.29) is 24.6 Å². The minimum atomic E-state index is -0.751. The lowest BCUT2D eigenvalue weighted by Crippen LogP contribution is -2.49. The monoisotopic (exact) mass is 383 g/mol. The van der Waals surface area contributed by atoms with Crippen molar-refractivity contribution in [2.75, 3.05) is 13.1 Å². The summed E-state index contributed by atoms with van der Waals surface area (Å²) in [7, 11) is 0. The number of rotatable bonds is 4. The molecule has 0 bridgehead atoms. The van der Waals surface area contributed by atoms with Crippen molar-refractivity contribution in [1.82, 2.24) is 10.2 Å². The maximum Gasteiger partial charge on any atom is 0.350 e. The molecule has 4 rings (SSSR count). The highest BCUT2D eigenvalue weighted by molar-refractivity contribution is 8.04. The van der Waals surface area contributed by atoms with E-state index in [0.717, 1.165) is 4.90 Å². The van der Waals surface area contributed by atoms with Crippen molar-refractivity contribution < 1.29 is 18.8 Å². The molecule has 0 saturated carbocycles. The lowest BCUT2D eigenvalue weighted by Gasteiger charge is -2.25. The van der Waals surface area contributed by atoms with Crippen LogP contribution in [0, 0.1) is 0 Å². The van der Waals surface area contributed by atoms with Crippen LogP contribution in [0.25, 0.3) is 11.0 Å². The molecule has 136 valence electrons. The summed E-state index contributed by atoms with van der Waals surface area (Å²) >= 11 is 1.28. The highest BCUT2D eigenvalue weighted by atomic mass is 32.2. The van der Waals surface area contributed by atoms with Gasteiger partial charge in [-0.1, -0.05) is 18.2 Å². The van der Waals surface area contributed by atoms with Gasteiger partial charge in [0.2, 0.25) is 5.91 Å². The van der Waals surface area contributed by atoms with Crippen molar-refractivity contribution in [3.05, 3.63) is 57.8 Å². The summed E-state index contributed by atoms with van der Waals surface area (Å²) in [6.07, 6.45) is 1.64. The molecular weight excluding hydrogens is 370 g/mol. The Kier molecular flexibility index (Phi) is 4.36. The summed E-state index contributed by atoms with van der Waals surface area (Å²) in [6, 6.07) is 7.65. The van der Waals surface area contributed by atoms with Gasteiger partial charge in [-0.15, -0.1) is 11.8 Å². The fourth-order valence-corrected chi connectivity index (χ4v) is 3.72. The zero-order chi connectivity index (χ0) is 19.0. The first-order chi connectivity index (χ1) is 13.0. The molecule has 0 spiro atoms. The third-order valence-electron chi connectivity index (χ3n) is 4.18. The van der Waals surface area contributed by atoms with Crippen LogP contribution < -0.4 is 10.9 Å². The SMILES string of the molecule is O=C(NCCN1C(=O)N=C2C=CSC2C1=O)c1cc2ccccc2oc1=O. The molecule has 0 aliphatic carbocycles. The smallest absolute Gasteiger partial charge is 0.350 e. The zero-order valence-electron chi connectivity index (χ0n) is 13.9. The van der Waals surface area contributed by atoms with Crippen LogP contribution in [-0.2, 0) is 4.79 Å². The second kappa shape index (κ2) is 6.84. The number of thioether (sulfide) groups is 1. The van der Waals surface area contributed by atoms with Gasteiger partial charge in [0.15, 0.2) is 0 Å². The number of para-hydroxylation sites is 1. The number of fused-ring (bicyclic) bond motifs is 2. The molecule has 8 nitrogen and oxygen atoms in total. The third-order valence-corrected chi connectivity index (χ3v) is 5.18. The molecule has 2 aliphatic rings. The average Bonchev–Trinajstić information content (AvgIpc) is 3.12. The Balaban J connectivity index is 1.43. The maximum atomic E-state index is 12.3. The van der Waals surface area contributed by atoms with Gasteiger partial charge in [-0.05, 0) is 23.6 Å². The van der Waals surface area contributed by atoms with Crippen molar-refractivity contribution in [1.29, 1.82) is 0 Å². The van der Waals surface area contributed by atoms with Crippen LogP contribution in [0.3, 0.4) is 0 Å². The van der Waals surface area contributed by atoms with Gasteiger partial charge in [0, 0.05) is 18.5 Å². The van der Waals surface area contributed by atoms with Gasteiger partial charge in [0.25, 0.3) is 5.91 Å². The standard InChI is InChI=1S/C18H13N3O5S/c22-15(11-9-10-3-1-2-4-13(10)26-17(11)24)19-6-7-21-16(23)14-12(5-8-27-14)20-18(21)25/h1-5,8-9,14H,6-7H2,(H,19,22). The summed E-state index contributed by atoms with van der Waals surface area (Å²) in [5.41, 5.74) is -0.0520. The van der Waals surface area contributed by atoms with Crippen molar-refractivity contribution in [2.45, 2.75) is 5.25 Å². The maximum absolute atomic E-state index is 12.3. The molecule has 1 unspecified atom stereocenters. The predicted octanol–water partition coefficient (Wildman–Crippen LogP) is 1.56. The van der Waals surface area contributed by atoms with E-state index in [9.17, 15) is 19.2 Å². The highest BCUT2D eigenvalue weighted by Gasteiger charge is 2.38. The molecule has 1 N–H and O–H groups in total. The second-order valence-corrected chi connectivity index (χ2v) is 6.88. The number of benzene rings is 1. The summed E-state index contributed by atoms with van der Waals surface area (Å²) in [4.78, 5) is 53.5. The molecular formula is C18H13N3O5S. The summed E-state index contributed by atoms with van der Waals surface area (Å²) in [6.45, 7) is -0.0333. The number of urea groups is 1. The van der Waals surface area contributed by atoms with Crippen molar-refractivity contribution in [3.8, 4) is 0 Å². The minimum absolute atomic E-state index is 0.00174. The van der Waals surface area contributed by atoms with Crippen molar-refractivity contribution in [2.24, 2.45) is 4.99 Å². The van der Waals surface area contributed by atoms with E-state index in [1.165, 1.54) is 17.8 Å². The lowest BCUT2D eigenvalue weighted by molar-refractivity contribution is -0.126. The fourth-order valence-electron chi connectivity index (χ4n) is 2.83. The quantitative estimate of drug-likeness (QED) is 0.803. The number of nitrogens with one attached hydrogen (secondary N) is 1. The van der Waals surface area contributed by atoms with Crippen LogP contribution in [0.5, 0.6) is 0 Å². The Morgan fingerprint density at radius 3 is 2.93 bits per heavy atom. The lowest BCUT2D eigenvalue weighted by atomic mass is 10.2. The Morgan fingerprint density at radius 1 is 1.26 bits per heavy atom. The molecule has 27 heavy (non-hydrogen) atoms. The van der Waals surface area contributed by atoms with Crippen LogP contribution in [0.1, 0.15) is 10.4 Å². The number of carbonyl (C=O) groups is 3. The van der Waals surface area contributed by atoms with Crippen LogP contribution in [0.15, 0.2) is 56.0 Å². The molecule has 0 radical (unpaired) electrons. The molecule has 3 heterocycles. The number of allylic oxidation sites excluding steroid dienone is 1. The molecule has 2 aromatic rings. The van der Waals surface area contributed by atoms with Gasteiger partial charge in [-0.2, -0.15) is 4.99 Å². The van der Waals surface area contributed by atoms with E-state index in [1.54, 1.807) is 35.7 Å². The van der Waals surface area contributed by atoms with Gasteiger partial charge in [0.1, 0.15) is 16.4 Å². The minimum Gasteiger partial charge on any atom is -0.422 e. The Morgan fingerprint density at radius 2 is 2.07 bits per heavy atom. The number of carbonyl (C=O) groups excluding carboxylic acids is 3. The van der Waals surface area contributed by atoms with Gasteiger partial charge < -0.3 is 9.73 Å². The number of hydrogen-bond acceptors (Lipinski definition) is 6. The van der Waals surface area contributed by atoms with E-state index < -0.39 is 22.8 Å². The molecule has 0 saturated heterocycles. The Bertz CT molecular complexity index is 1090. The number of aliphatic imine (C=N–C) groups is 1. The molecule has 1 atom stereocenters. The van der Waals surface area contributed by atoms with Crippen LogP contribution in [-0.4, -0.2) is 46.8 Å². The average molecular weight is 383 g/mol. The third kappa shape index (κ3) is 3.17. The number of nitrogens with zero attached hydrogens (tertiary/aromatic N) is 2. The molecule has 4 amide bonds. The first-order valence-electron chi connectivity index (χ1n) is 8.11. The van der Waals surface area contributed by atoms with E-state index in [4.69, 9.17) is 4.42 Å². The molecule has 9 heteroatoms. The van der Waals surface area contributed by atoms with Gasteiger partial charge in [-0.25, -0.2) is 9.59 Å². The first-order valence-corrected chi connectivity index (χ1v) is 9.06. The van der Waals surface area contributed by atoms with E-state index in [2.05, 4.69) is 10.3 Å². The Hall–Kier alpha value is -3.20. The topological polar surface area (TPSA) is 109 Å². The fraction of sp³-hybridized carbons (Fsp3) is 0.167. The van der Waals surface area contributed by atoms with Crippen molar-refractivity contribution >= 4 is 46.3 Å². The highest BCUT2D eigenvalue weighted by Crippen LogP contribution is 2.27. The van der Waals surface area contributed by atoms with Crippen LogP contribution in [0.4, 0.5) is 4.79 Å². The number of hydrogen-bond donors (Lipinski definition) is 1. The zero-order valence-corrected chi connectivity index (χ0v) is 14.7. The normalized spacial score (nSPS) is 18.6. The predicted molar refractivity (Wildman–Crippen MR) is 99.9 cm³/mol. The largest absolute Gasteiger partial charge is 0.422 e. The van der Waals surface area contributed by atoms with Gasteiger partial charge in [-0.3, -0.25) is 14.5 Å². The molecule has 2 aliphatic heterocycles. The van der Waals surface area contributed by atoms with Crippen LogP contribution >= 0.6 is 11.8 Å². The molecule has 0 fully saturated rings.